The van der Waals surface area contributed by atoms with Crippen LogP contribution in [-0.2, 0) is 11.2 Å². The predicted molar refractivity (Wildman–Crippen MR) is 94.4 cm³/mol. The molecule has 2 aromatic rings. The molecule has 2 atom stereocenters. The molecule has 6 nitrogen and oxygen atoms in total. The average molecular weight is 340 g/mol. The standard InChI is InChI=1S/C19H24N4O2/c1-14-13-16(14)17-5-3-15(25-17)4-6-18(24)22-9-11-23(12-10-22)19-20-7-2-8-21-19/h2-3,5,7-8,14,16H,4,6,9-13H2,1H3/t14-,16+/m0/s1. The number of aromatic nitrogens is 2. The summed E-state index contributed by atoms with van der Waals surface area (Å²) >= 11 is 0. The number of nitrogens with zero attached hydrogens (tertiary/aromatic N) is 4. The van der Waals surface area contributed by atoms with E-state index in [0.29, 0.717) is 18.8 Å². The molecule has 25 heavy (non-hydrogen) atoms. The number of carbonyl (C=O) groups is 1. The lowest BCUT2D eigenvalue weighted by Gasteiger charge is -2.34. The molecule has 1 amide bonds. The van der Waals surface area contributed by atoms with Crippen molar-refractivity contribution in [2.24, 2.45) is 5.92 Å². The molecule has 0 radical (unpaired) electrons. The highest BCUT2D eigenvalue weighted by atomic mass is 16.3. The molecular weight excluding hydrogens is 316 g/mol. The Morgan fingerprint density at radius 3 is 2.60 bits per heavy atom. The molecule has 0 N–H and O–H groups in total. The van der Waals surface area contributed by atoms with Crippen molar-refractivity contribution in [3.63, 3.8) is 0 Å². The summed E-state index contributed by atoms with van der Waals surface area (Å²) in [5.41, 5.74) is 0. The number of aryl methyl sites for hydroxylation is 1. The van der Waals surface area contributed by atoms with Crippen molar-refractivity contribution in [2.75, 3.05) is 31.1 Å². The Kier molecular flexibility index (Phi) is 4.42. The summed E-state index contributed by atoms with van der Waals surface area (Å²) in [5.74, 6) is 4.30. The molecule has 1 aliphatic heterocycles. The maximum absolute atomic E-state index is 12.5. The van der Waals surface area contributed by atoms with Crippen LogP contribution in [0.2, 0.25) is 0 Å². The molecule has 1 saturated carbocycles. The number of anilines is 1. The summed E-state index contributed by atoms with van der Waals surface area (Å²) in [6.45, 7) is 5.25. The van der Waals surface area contributed by atoms with Gasteiger partial charge in [-0.25, -0.2) is 9.97 Å². The second-order valence-electron chi connectivity index (χ2n) is 7.04. The van der Waals surface area contributed by atoms with Gasteiger partial charge in [0.05, 0.1) is 0 Å². The quantitative estimate of drug-likeness (QED) is 0.837. The van der Waals surface area contributed by atoms with Gasteiger partial charge in [-0.3, -0.25) is 4.79 Å². The fourth-order valence-corrected chi connectivity index (χ4v) is 3.45. The minimum absolute atomic E-state index is 0.200. The van der Waals surface area contributed by atoms with Crippen LogP contribution < -0.4 is 4.90 Å². The molecule has 2 fully saturated rings. The lowest BCUT2D eigenvalue weighted by atomic mass is 10.2. The Balaban J connectivity index is 1.24. The monoisotopic (exact) mass is 340 g/mol. The Bertz CT molecular complexity index is 722. The van der Waals surface area contributed by atoms with Gasteiger partial charge < -0.3 is 14.2 Å². The molecule has 4 rings (SSSR count). The molecule has 0 unspecified atom stereocenters. The van der Waals surface area contributed by atoms with Gasteiger partial charge in [0.2, 0.25) is 11.9 Å². The Morgan fingerprint density at radius 1 is 1.20 bits per heavy atom. The number of rotatable bonds is 5. The molecule has 2 aromatic heterocycles. The summed E-state index contributed by atoms with van der Waals surface area (Å²) in [6, 6.07) is 5.91. The maximum Gasteiger partial charge on any atom is 0.225 e. The third kappa shape index (κ3) is 3.67. The molecule has 1 aliphatic carbocycles. The van der Waals surface area contributed by atoms with Crippen LogP contribution in [0, 0.1) is 5.92 Å². The van der Waals surface area contributed by atoms with Crippen LogP contribution in [0.1, 0.15) is 37.2 Å². The number of amides is 1. The van der Waals surface area contributed by atoms with Gasteiger partial charge in [-0.05, 0) is 30.5 Å². The third-order valence-electron chi connectivity index (χ3n) is 5.21. The second-order valence-corrected chi connectivity index (χ2v) is 7.04. The molecule has 6 heteroatoms. The zero-order valence-corrected chi connectivity index (χ0v) is 14.6. The Hall–Kier alpha value is -2.37. The minimum Gasteiger partial charge on any atom is -0.466 e. The van der Waals surface area contributed by atoms with Gasteiger partial charge in [0.25, 0.3) is 0 Å². The largest absolute Gasteiger partial charge is 0.466 e. The van der Waals surface area contributed by atoms with Gasteiger partial charge in [-0.1, -0.05) is 6.92 Å². The average Bonchev–Trinajstić information content (AvgIpc) is 3.20. The molecule has 2 aliphatic rings. The second kappa shape index (κ2) is 6.86. The van der Waals surface area contributed by atoms with Crippen LogP contribution in [0.4, 0.5) is 5.95 Å². The first-order chi connectivity index (χ1) is 12.2. The minimum atomic E-state index is 0.200. The van der Waals surface area contributed by atoms with Crippen molar-refractivity contribution in [2.45, 2.75) is 32.1 Å². The smallest absolute Gasteiger partial charge is 0.225 e. The highest BCUT2D eigenvalue weighted by molar-refractivity contribution is 5.76. The topological polar surface area (TPSA) is 62.5 Å². The molecule has 3 heterocycles. The van der Waals surface area contributed by atoms with E-state index < -0.39 is 0 Å². The van der Waals surface area contributed by atoms with Crippen LogP contribution in [0.25, 0.3) is 0 Å². The number of furan rings is 1. The Labute approximate surface area is 147 Å². The van der Waals surface area contributed by atoms with Gasteiger partial charge in [0.1, 0.15) is 11.5 Å². The maximum atomic E-state index is 12.5. The van der Waals surface area contributed by atoms with Crippen molar-refractivity contribution < 1.29 is 9.21 Å². The predicted octanol–water partition coefficient (Wildman–Crippen LogP) is 2.47. The van der Waals surface area contributed by atoms with Gasteiger partial charge >= 0.3 is 0 Å². The van der Waals surface area contributed by atoms with Crippen molar-refractivity contribution in [3.05, 3.63) is 42.1 Å². The highest BCUT2D eigenvalue weighted by Gasteiger charge is 2.36. The number of hydrogen-bond acceptors (Lipinski definition) is 5. The van der Waals surface area contributed by atoms with E-state index in [0.717, 1.165) is 49.6 Å². The van der Waals surface area contributed by atoms with E-state index in [1.54, 1.807) is 12.4 Å². The Morgan fingerprint density at radius 2 is 1.92 bits per heavy atom. The van der Waals surface area contributed by atoms with Gasteiger partial charge in [0, 0.05) is 57.3 Å². The van der Waals surface area contributed by atoms with Crippen LogP contribution in [0.15, 0.2) is 35.0 Å². The first kappa shape index (κ1) is 16.1. The highest BCUT2D eigenvalue weighted by Crippen LogP contribution is 2.47. The van der Waals surface area contributed by atoms with E-state index in [4.69, 9.17) is 4.42 Å². The fraction of sp³-hybridized carbons (Fsp3) is 0.526. The fourth-order valence-electron chi connectivity index (χ4n) is 3.45. The normalized spacial score (nSPS) is 22.9. The summed E-state index contributed by atoms with van der Waals surface area (Å²) < 4.78 is 5.90. The van der Waals surface area contributed by atoms with Crippen molar-refractivity contribution >= 4 is 11.9 Å². The summed E-state index contributed by atoms with van der Waals surface area (Å²) in [6.07, 6.45) is 5.91. The van der Waals surface area contributed by atoms with Gasteiger partial charge in [-0.2, -0.15) is 0 Å². The van der Waals surface area contributed by atoms with E-state index in [9.17, 15) is 4.79 Å². The summed E-state index contributed by atoms with van der Waals surface area (Å²) in [4.78, 5) is 25.1. The van der Waals surface area contributed by atoms with Gasteiger partial charge in [-0.15, -0.1) is 0 Å². The summed E-state index contributed by atoms with van der Waals surface area (Å²) in [7, 11) is 0. The first-order valence-corrected chi connectivity index (χ1v) is 9.09. The van der Waals surface area contributed by atoms with Crippen molar-refractivity contribution in [1.29, 1.82) is 0 Å². The molecule has 1 saturated heterocycles. The molecular formula is C19H24N4O2. The van der Waals surface area contributed by atoms with E-state index in [1.165, 1.54) is 6.42 Å². The SMILES string of the molecule is C[C@H]1C[C@H]1c1ccc(CCC(=O)N2CCN(c3ncccn3)CC2)o1. The van der Waals surface area contributed by atoms with Crippen LogP contribution >= 0.6 is 0 Å². The molecule has 132 valence electrons. The van der Waals surface area contributed by atoms with Crippen molar-refractivity contribution in [1.82, 2.24) is 14.9 Å². The van der Waals surface area contributed by atoms with Crippen LogP contribution in [0.5, 0.6) is 0 Å². The number of piperazine rings is 1. The molecule has 0 aromatic carbocycles. The zero-order valence-electron chi connectivity index (χ0n) is 14.6. The summed E-state index contributed by atoms with van der Waals surface area (Å²) in [5, 5.41) is 0. The van der Waals surface area contributed by atoms with E-state index in [1.807, 2.05) is 17.0 Å². The lowest BCUT2D eigenvalue weighted by Crippen LogP contribution is -2.49. The first-order valence-electron chi connectivity index (χ1n) is 9.09. The van der Waals surface area contributed by atoms with Crippen LogP contribution in [0.3, 0.4) is 0 Å². The van der Waals surface area contributed by atoms with E-state index in [2.05, 4.69) is 27.9 Å². The number of hydrogen-bond donors (Lipinski definition) is 0. The van der Waals surface area contributed by atoms with Crippen LogP contribution in [-0.4, -0.2) is 47.0 Å². The van der Waals surface area contributed by atoms with Gasteiger partial charge in [0.15, 0.2) is 0 Å². The van der Waals surface area contributed by atoms with Crippen molar-refractivity contribution in [3.8, 4) is 0 Å². The molecule has 0 spiro atoms. The lowest BCUT2D eigenvalue weighted by molar-refractivity contribution is -0.131. The third-order valence-corrected chi connectivity index (χ3v) is 5.21. The van der Waals surface area contributed by atoms with E-state index in [-0.39, 0.29) is 5.91 Å². The zero-order chi connectivity index (χ0) is 17.2. The number of carbonyl (C=O) groups excluding carboxylic acids is 1. The molecule has 0 bridgehead atoms. The van der Waals surface area contributed by atoms with E-state index >= 15 is 0 Å².